The van der Waals surface area contributed by atoms with Crippen molar-refractivity contribution >= 4 is 60.2 Å². The summed E-state index contributed by atoms with van der Waals surface area (Å²) in [6.07, 6.45) is 6.71. The standard InChI is InChI=1S/C38H25N3S/c1-3-11-28-24(8-1)10-7-14-29(28)26-16-18-27(19-17-26)36-32-22-23-42-37(32)40-38(39-36)41-33-15-6-5-13-31(33)35-30-12-4-2-9-25(30)20-21-34(35)41/h1-2,4-10,12-23H,3,11H2. The Labute approximate surface area is 247 Å². The van der Waals surface area contributed by atoms with Gasteiger partial charge in [0.2, 0.25) is 5.95 Å². The molecule has 8 aromatic rings. The fourth-order valence-electron chi connectivity index (χ4n) is 6.67. The first kappa shape index (κ1) is 23.6. The number of benzene rings is 5. The van der Waals surface area contributed by atoms with Gasteiger partial charge < -0.3 is 0 Å². The van der Waals surface area contributed by atoms with E-state index in [1.807, 2.05) is 0 Å². The van der Waals surface area contributed by atoms with E-state index in [2.05, 4.69) is 131 Å². The van der Waals surface area contributed by atoms with Crippen LogP contribution in [0.15, 0.2) is 121 Å². The maximum absolute atomic E-state index is 5.29. The monoisotopic (exact) mass is 555 g/mol. The van der Waals surface area contributed by atoms with Crippen LogP contribution in [-0.4, -0.2) is 14.5 Å². The van der Waals surface area contributed by atoms with Gasteiger partial charge in [0.1, 0.15) is 4.83 Å². The van der Waals surface area contributed by atoms with Crippen LogP contribution in [0.3, 0.4) is 0 Å². The van der Waals surface area contributed by atoms with Crippen molar-refractivity contribution < 1.29 is 0 Å². The van der Waals surface area contributed by atoms with E-state index < -0.39 is 0 Å². The van der Waals surface area contributed by atoms with E-state index >= 15 is 0 Å². The molecule has 4 heteroatoms. The minimum absolute atomic E-state index is 0.703. The molecule has 1 aliphatic carbocycles. The van der Waals surface area contributed by atoms with Crippen LogP contribution < -0.4 is 0 Å². The van der Waals surface area contributed by atoms with Crippen molar-refractivity contribution in [3.8, 4) is 28.3 Å². The lowest BCUT2D eigenvalue weighted by Crippen LogP contribution is -2.02. The molecule has 3 nitrogen and oxygen atoms in total. The lowest BCUT2D eigenvalue weighted by atomic mass is 9.89. The van der Waals surface area contributed by atoms with Gasteiger partial charge in [-0.3, -0.25) is 4.57 Å². The molecule has 0 amide bonds. The fourth-order valence-corrected chi connectivity index (χ4v) is 7.43. The van der Waals surface area contributed by atoms with Crippen molar-refractivity contribution in [3.63, 3.8) is 0 Å². The molecule has 0 radical (unpaired) electrons. The Balaban J connectivity index is 1.24. The molecule has 198 valence electrons. The Kier molecular flexibility index (Phi) is 5.19. The van der Waals surface area contributed by atoms with Gasteiger partial charge in [-0.25, -0.2) is 9.97 Å². The average molecular weight is 556 g/mol. The molecule has 5 aromatic carbocycles. The van der Waals surface area contributed by atoms with Crippen molar-refractivity contribution in [1.29, 1.82) is 0 Å². The van der Waals surface area contributed by atoms with Crippen LogP contribution in [0.4, 0.5) is 0 Å². The van der Waals surface area contributed by atoms with E-state index in [9.17, 15) is 0 Å². The molecule has 0 N–H and O–H groups in total. The molecule has 1 aliphatic rings. The van der Waals surface area contributed by atoms with E-state index in [0.717, 1.165) is 45.3 Å². The summed E-state index contributed by atoms with van der Waals surface area (Å²) in [7, 11) is 0. The maximum Gasteiger partial charge on any atom is 0.236 e. The third-order valence-corrected chi connectivity index (χ3v) is 9.42. The van der Waals surface area contributed by atoms with Crippen LogP contribution in [0.25, 0.3) is 77.2 Å². The molecule has 0 atom stereocenters. The largest absolute Gasteiger partial charge is 0.278 e. The van der Waals surface area contributed by atoms with Gasteiger partial charge in [0.05, 0.1) is 16.7 Å². The number of thiophene rings is 1. The molecule has 0 aliphatic heterocycles. The number of hydrogen-bond donors (Lipinski definition) is 0. The summed E-state index contributed by atoms with van der Waals surface area (Å²) >= 11 is 1.67. The van der Waals surface area contributed by atoms with Crippen LogP contribution in [0.5, 0.6) is 0 Å². The molecular formula is C38H25N3S. The van der Waals surface area contributed by atoms with Crippen molar-refractivity contribution in [2.24, 2.45) is 0 Å². The number of rotatable bonds is 3. The second-order valence-corrected chi connectivity index (χ2v) is 11.8. The molecule has 0 fully saturated rings. The molecule has 42 heavy (non-hydrogen) atoms. The summed E-state index contributed by atoms with van der Waals surface area (Å²) in [5.74, 6) is 0.703. The number of allylic oxidation sites excluding steroid dienone is 1. The molecule has 9 rings (SSSR count). The minimum atomic E-state index is 0.703. The van der Waals surface area contributed by atoms with E-state index in [4.69, 9.17) is 9.97 Å². The van der Waals surface area contributed by atoms with E-state index in [1.165, 1.54) is 43.8 Å². The second kappa shape index (κ2) is 9.23. The Morgan fingerprint density at radius 3 is 2.40 bits per heavy atom. The van der Waals surface area contributed by atoms with Gasteiger partial charge in [-0.05, 0) is 69.4 Å². The van der Waals surface area contributed by atoms with E-state index in [-0.39, 0.29) is 0 Å². The van der Waals surface area contributed by atoms with Gasteiger partial charge in [0, 0.05) is 21.7 Å². The highest BCUT2D eigenvalue weighted by Crippen LogP contribution is 2.38. The molecule has 0 saturated heterocycles. The Morgan fingerprint density at radius 1 is 0.643 bits per heavy atom. The first-order valence-electron chi connectivity index (χ1n) is 14.4. The highest BCUT2D eigenvalue weighted by molar-refractivity contribution is 7.16. The first-order chi connectivity index (χ1) is 20.8. The molecular weight excluding hydrogens is 531 g/mol. The zero-order valence-corrected chi connectivity index (χ0v) is 23.6. The lowest BCUT2D eigenvalue weighted by Gasteiger charge is -2.16. The summed E-state index contributed by atoms with van der Waals surface area (Å²) in [6.45, 7) is 0. The van der Waals surface area contributed by atoms with Gasteiger partial charge in [-0.15, -0.1) is 11.3 Å². The SMILES string of the molecule is C1=Cc2cccc(-c3ccc(-c4nc(-n5c6ccccc6c6c7ccccc7ccc65)nc5sccc45)cc3)c2CC1. The number of hydrogen-bond acceptors (Lipinski definition) is 3. The Morgan fingerprint density at radius 2 is 1.48 bits per heavy atom. The van der Waals surface area contributed by atoms with Crippen molar-refractivity contribution in [1.82, 2.24) is 14.5 Å². The molecule has 0 spiro atoms. The lowest BCUT2D eigenvalue weighted by molar-refractivity contribution is 0.988. The van der Waals surface area contributed by atoms with Gasteiger partial charge in [0.15, 0.2) is 0 Å². The summed E-state index contributed by atoms with van der Waals surface area (Å²) in [5, 5.41) is 8.14. The maximum atomic E-state index is 5.29. The quantitative estimate of drug-likeness (QED) is 0.217. The molecule has 0 bridgehead atoms. The fraction of sp³-hybridized carbons (Fsp3) is 0.0526. The summed E-state index contributed by atoms with van der Waals surface area (Å²) in [5.41, 5.74) is 9.65. The highest BCUT2D eigenvalue weighted by atomic mass is 32.1. The van der Waals surface area contributed by atoms with Gasteiger partial charge in [-0.1, -0.05) is 103 Å². The Hall–Kier alpha value is -5.06. The highest BCUT2D eigenvalue weighted by Gasteiger charge is 2.19. The summed E-state index contributed by atoms with van der Waals surface area (Å²) < 4.78 is 2.23. The van der Waals surface area contributed by atoms with Gasteiger partial charge in [-0.2, -0.15) is 0 Å². The summed E-state index contributed by atoms with van der Waals surface area (Å²) in [6, 6.07) is 39.3. The number of nitrogens with zero attached hydrogens (tertiary/aromatic N) is 3. The second-order valence-electron chi connectivity index (χ2n) is 10.9. The molecule has 0 saturated carbocycles. The minimum Gasteiger partial charge on any atom is -0.278 e. The molecule has 3 aromatic heterocycles. The zero-order valence-electron chi connectivity index (χ0n) is 22.8. The van der Waals surface area contributed by atoms with Gasteiger partial charge >= 0.3 is 0 Å². The zero-order chi connectivity index (χ0) is 27.6. The van der Waals surface area contributed by atoms with Crippen molar-refractivity contribution in [2.75, 3.05) is 0 Å². The topological polar surface area (TPSA) is 30.7 Å². The normalized spacial score (nSPS) is 13.0. The predicted molar refractivity (Wildman–Crippen MR) is 177 cm³/mol. The summed E-state index contributed by atoms with van der Waals surface area (Å²) in [4.78, 5) is 11.4. The smallest absolute Gasteiger partial charge is 0.236 e. The van der Waals surface area contributed by atoms with Crippen LogP contribution in [-0.2, 0) is 6.42 Å². The van der Waals surface area contributed by atoms with E-state index in [1.54, 1.807) is 11.3 Å². The van der Waals surface area contributed by atoms with Crippen molar-refractivity contribution in [3.05, 3.63) is 132 Å². The number of aromatic nitrogens is 3. The third-order valence-electron chi connectivity index (χ3n) is 8.62. The van der Waals surface area contributed by atoms with E-state index in [0.29, 0.717) is 5.95 Å². The number of para-hydroxylation sites is 1. The first-order valence-corrected chi connectivity index (χ1v) is 15.3. The number of fused-ring (bicyclic) bond motifs is 7. The van der Waals surface area contributed by atoms with Gasteiger partial charge in [0.25, 0.3) is 0 Å². The predicted octanol–water partition coefficient (Wildman–Crippen LogP) is 10.2. The Bertz CT molecular complexity index is 2360. The molecule has 0 unspecified atom stereocenters. The van der Waals surface area contributed by atoms with Crippen LogP contribution in [0.2, 0.25) is 0 Å². The van der Waals surface area contributed by atoms with Crippen LogP contribution >= 0.6 is 11.3 Å². The average Bonchev–Trinajstić information content (AvgIpc) is 3.67. The van der Waals surface area contributed by atoms with Crippen LogP contribution in [0.1, 0.15) is 17.5 Å². The van der Waals surface area contributed by atoms with Crippen molar-refractivity contribution in [2.45, 2.75) is 12.8 Å². The van der Waals surface area contributed by atoms with Crippen LogP contribution in [0, 0.1) is 0 Å². The third kappa shape index (κ3) is 3.52. The molecule has 3 heterocycles.